The zero-order valence-electron chi connectivity index (χ0n) is 11.9. The zero-order valence-corrected chi connectivity index (χ0v) is 13.6. The molecule has 0 spiro atoms. The molecule has 1 aliphatic heterocycles. The summed E-state index contributed by atoms with van der Waals surface area (Å²) in [6.45, 7) is 1.92. The Bertz CT molecular complexity index is 788. The summed E-state index contributed by atoms with van der Waals surface area (Å²) in [6, 6.07) is 5.76. The number of carbonyl (C=O) groups excluding carboxylic acids is 1. The fraction of sp³-hybridized carbons (Fsp3) is 0.357. The molecule has 0 aromatic heterocycles. The van der Waals surface area contributed by atoms with E-state index >= 15 is 0 Å². The van der Waals surface area contributed by atoms with E-state index in [1.165, 1.54) is 24.3 Å². The van der Waals surface area contributed by atoms with Crippen LogP contribution in [0.15, 0.2) is 35.7 Å². The van der Waals surface area contributed by atoms with Gasteiger partial charge in [0.2, 0.25) is 0 Å². The number of hydrogen-bond donors (Lipinski definition) is 0. The topological polar surface area (TPSA) is 94.6 Å². The Kier molecular flexibility index (Phi) is 4.72. The highest BCUT2D eigenvalue weighted by molar-refractivity contribution is 7.97. The first-order valence-electron chi connectivity index (χ1n) is 6.63. The Balaban J connectivity index is 2.37. The van der Waals surface area contributed by atoms with Gasteiger partial charge in [-0.2, -0.15) is 0 Å². The summed E-state index contributed by atoms with van der Waals surface area (Å²) in [6.07, 6.45) is 1.15. The lowest BCUT2D eigenvalue weighted by Gasteiger charge is -2.14. The SMILES string of the molecule is CCOC(=O)c1ccc(C2CS(=O)(=O)CC=CS2(=O)=O)cc1. The van der Waals surface area contributed by atoms with Crippen molar-refractivity contribution >= 4 is 25.6 Å². The summed E-state index contributed by atoms with van der Waals surface area (Å²) < 4.78 is 52.8. The Hall–Kier alpha value is -1.67. The molecule has 1 aliphatic rings. The third-order valence-electron chi connectivity index (χ3n) is 3.23. The van der Waals surface area contributed by atoms with Gasteiger partial charge in [-0.3, -0.25) is 0 Å². The van der Waals surface area contributed by atoms with Gasteiger partial charge in [-0.25, -0.2) is 21.6 Å². The standard InChI is InChI=1S/C14H16O6S2/c1-2-20-14(15)12-6-4-11(5-7-12)13-10-21(16,17)8-3-9-22(13,18)19/h3-7,9,13H,2,8,10H2,1H3. The van der Waals surface area contributed by atoms with E-state index in [0.717, 1.165) is 11.5 Å². The third-order valence-corrected chi connectivity index (χ3v) is 6.79. The molecule has 22 heavy (non-hydrogen) atoms. The highest BCUT2D eigenvalue weighted by Crippen LogP contribution is 2.28. The molecule has 1 aromatic rings. The van der Waals surface area contributed by atoms with Gasteiger partial charge in [-0.05, 0) is 24.6 Å². The van der Waals surface area contributed by atoms with E-state index in [1.54, 1.807) is 6.92 Å². The second-order valence-corrected chi connectivity index (χ2v) is 9.04. The van der Waals surface area contributed by atoms with Crippen molar-refractivity contribution in [3.05, 3.63) is 46.9 Å². The fourth-order valence-corrected chi connectivity index (χ4v) is 5.91. The maximum atomic E-state index is 12.2. The molecule has 6 nitrogen and oxygen atoms in total. The predicted octanol–water partition coefficient (Wildman–Crippen LogP) is 1.26. The van der Waals surface area contributed by atoms with Gasteiger partial charge in [0.1, 0.15) is 5.25 Å². The van der Waals surface area contributed by atoms with Crippen molar-refractivity contribution in [1.82, 2.24) is 0 Å². The van der Waals surface area contributed by atoms with Crippen molar-refractivity contribution in [3.63, 3.8) is 0 Å². The first-order valence-corrected chi connectivity index (χ1v) is 10.1. The molecule has 1 unspecified atom stereocenters. The molecule has 0 amide bonds. The third kappa shape index (κ3) is 3.75. The number of hydrogen-bond acceptors (Lipinski definition) is 6. The number of benzene rings is 1. The van der Waals surface area contributed by atoms with Gasteiger partial charge in [0.05, 0.1) is 23.7 Å². The van der Waals surface area contributed by atoms with Crippen LogP contribution in [0, 0.1) is 0 Å². The lowest BCUT2D eigenvalue weighted by molar-refractivity contribution is 0.0526. The number of carbonyl (C=O) groups is 1. The molecular formula is C14H16O6S2. The summed E-state index contributed by atoms with van der Waals surface area (Å²) >= 11 is 0. The minimum Gasteiger partial charge on any atom is -0.462 e. The van der Waals surface area contributed by atoms with Gasteiger partial charge in [-0.1, -0.05) is 18.2 Å². The monoisotopic (exact) mass is 344 g/mol. The van der Waals surface area contributed by atoms with E-state index in [0.29, 0.717) is 5.56 Å². The quantitative estimate of drug-likeness (QED) is 0.766. The lowest BCUT2D eigenvalue weighted by Crippen LogP contribution is -2.20. The second-order valence-electron chi connectivity index (χ2n) is 4.87. The first-order chi connectivity index (χ1) is 10.2. The molecule has 1 heterocycles. The van der Waals surface area contributed by atoms with Crippen molar-refractivity contribution in [2.75, 3.05) is 18.1 Å². The molecule has 120 valence electrons. The second kappa shape index (κ2) is 6.21. The number of ether oxygens (including phenoxy) is 1. The molecule has 1 aromatic carbocycles. The molecule has 0 bridgehead atoms. The highest BCUT2D eigenvalue weighted by Gasteiger charge is 2.32. The minimum absolute atomic E-state index is 0.237. The first kappa shape index (κ1) is 16.7. The van der Waals surface area contributed by atoms with Crippen LogP contribution in [0.4, 0.5) is 0 Å². The maximum Gasteiger partial charge on any atom is 0.338 e. The molecule has 2 rings (SSSR count). The van der Waals surface area contributed by atoms with Crippen molar-refractivity contribution in [1.29, 1.82) is 0 Å². The highest BCUT2D eigenvalue weighted by atomic mass is 32.2. The summed E-state index contributed by atoms with van der Waals surface area (Å²) in [4.78, 5) is 11.6. The summed E-state index contributed by atoms with van der Waals surface area (Å²) in [7, 11) is -7.18. The van der Waals surface area contributed by atoms with Crippen LogP contribution in [0.2, 0.25) is 0 Å². The fourth-order valence-electron chi connectivity index (χ4n) is 2.14. The van der Waals surface area contributed by atoms with Crippen LogP contribution < -0.4 is 0 Å². The normalized spacial score (nSPS) is 22.7. The Labute approximate surface area is 129 Å². The van der Waals surface area contributed by atoms with Gasteiger partial charge in [-0.15, -0.1) is 0 Å². The Morgan fingerprint density at radius 2 is 1.82 bits per heavy atom. The minimum atomic E-state index is -3.70. The average molecular weight is 344 g/mol. The summed E-state index contributed by atoms with van der Waals surface area (Å²) in [5.41, 5.74) is 0.623. The number of esters is 1. The van der Waals surface area contributed by atoms with Crippen LogP contribution in [0.1, 0.15) is 28.1 Å². The Morgan fingerprint density at radius 1 is 1.18 bits per heavy atom. The number of sulfone groups is 2. The van der Waals surface area contributed by atoms with E-state index < -0.39 is 36.6 Å². The maximum absolute atomic E-state index is 12.2. The van der Waals surface area contributed by atoms with Crippen molar-refractivity contribution in [3.8, 4) is 0 Å². The smallest absolute Gasteiger partial charge is 0.338 e. The largest absolute Gasteiger partial charge is 0.462 e. The van der Waals surface area contributed by atoms with E-state index in [2.05, 4.69) is 0 Å². The Morgan fingerprint density at radius 3 is 2.41 bits per heavy atom. The molecule has 8 heteroatoms. The van der Waals surface area contributed by atoms with Crippen LogP contribution in [0.3, 0.4) is 0 Å². The zero-order chi connectivity index (χ0) is 16.4. The lowest BCUT2D eigenvalue weighted by atomic mass is 10.1. The van der Waals surface area contributed by atoms with E-state index in [9.17, 15) is 21.6 Å². The van der Waals surface area contributed by atoms with Crippen molar-refractivity contribution < 1.29 is 26.4 Å². The number of rotatable bonds is 3. The van der Waals surface area contributed by atoms with Crippen LogP contribution >= 0.6 is 0 Å². The van der Waals surface area contributed by atoms with Gasteiger partial charge in [0.25, 0.3) is 0 Å². The molecule has 0 saturated heterocycles. The van der Waals surface area contributed by atoms with Gasteiger partial charge in [0.15, 0.2) is 19.7 Å². The summed E-state index contributed by atoms with van der Waals surface area (Å²) in [5.74, 6) is -1.27. The molecular weight excluding hydrogens is 328 g/mol. The average Bonchev–Trinajstić information content (AvgIpc) is 2.55. The van der Waals surface area contributed by atoms with Crippen LogP contribution in [0.25, 0.3) is 0 Å². The van der Waals surface area contributed by atoms with Crippen molar-refractivity contribution in [2.45, 2.75) is 12.2 Å². The van der Waals surface area contributed by atoms with Crippen LogP contribution in [-0.2, 0) is 24.4 Å². The van der Waals surface area contributed by atoms with E-state index in [1.807, 2.05) is 0 Å². The molecule has 0 N–H and O–H groups in total. The van der Waals surface area contributed by atoms with Gasteiger partial charge < -0.3 is 4.74 Å². The van der Waals surface area contributed by atoms with Gasteiger partial charge >= 0.3 is 5.97 Å². The van der Waals surface area contributed by atoms with E-state index in [-0.39, 0.29) is 17.9 Å². The molecule has 1 atom stereocenters. The molecule has 0 saturated carbocycles. The van der Waals surface area contributed by atoms with Crippen LogP contribution in [-0.4, -0.2) is 40.9 Å². The molecule has 0 radical (unpaired) electrons. The van der Waals surface area contributed by atoms with Crippen LogP contribution in [0.5, 0.6) is 0 Å². The summed E-state index contributed by atoms with van der Waals surface area (Å²) in [5, 5.41) is -0.214. The molecule has 0 fully saturated rings. The predicted molar refractivity (Wildman–Crippen MR) is 81.9 cm³/mol. The molecule has 0 aliphatic carbocycles. The van der Waals surface area contributed by atoms with Gasteiger partial charge in [0, 0.05) is 5.41 Å². The van der Waals surface area contributed by atoms with E-state index in [4.69, 9.17) is 4.74 Å². The van der Waals surface area contributed by atoms with Crippen molar-refractivity contribution in [2.24, 2.45) is 0 Å².